The lowest BCUT2D eigenvalue weighted by Crippen LogP contribution is -1.93. The van der Waals surface area contributed by atoms with Crippen molar-refractivity contribution >= 4 is 54.2 Å². The Hall–Kier alpha value is -1.65. The number of aryl methyl sites for hydroxylation is 1. The van der Waals surface area contributed by atoms with Crippen LogP contribution in [0.15, 0.2) is 22.9 Å². The van der Waals surface area contributed by atoms with Crippen LogP contribution in [-0.4, -0.2) is 9.97 Å². The summed E-state index contributed by atoms with van der Waals surface area (Å²) in [6, 6.07) is 4.23. The lowest BCUT2D eigenvalue weighted by atomic mass is 10.0. The lowest BCUT2D eigenvalue weighted by Gasteiger charge is -2.01. The van der Waals surface area contributed by atoms with Crippen LogP contribution in [0.4, 0.5) is 0 Å². The van der Waals surface area contributed by atoms with Gasteiger partial charge < -0.3 is 4.42 Å². The van der Waals surface area contributed by atoms with Gasteiger partial charge in [0.25, 0.3) is 0 Å². The van der Waals surface area contributed by atoms with Crippen LogP contribution in [0.1, 0.15) is 25.2 Å². The van der Waals surface area contributed by atoms with Gasteiger partial charge in [-0.15, -0.1) is 11.3 Å². The van der Waals surface area contributed by atoms with Gasteiger partial charge in [0.15, 0.2) is 5.58 Å². The fourth-order valence-corrected chi connectivity index (χ4v) is 4.34. The van der Waals surface area contributed by atoms with Crippen molar-refractivity contribution < 1.29 is 4.42 Å². The highest BCUT2D eigenvalue weighted by Gasteiger charge is 2.18. The highest BCUT2D eigenvalue weighted by atomic mass is 35.5. The molecular weight excluding hydrogens is 316 g/mol. The summed E-state index contributed by atoms with van der Waals surface area (Å²) < 4.78 is 7.32. The summed E-state index contributed by atoms with van der Waals surface area (Å²) in [6.07, 6.45) is 2.46. The van der Waals surface area contributed by atoms with E-state index in [1.165, 1.54) is 17.3 Å². The van der Waals surface area contributed by atoms with E-state index in [9.17, 15) is 0 Å². The van der Waals surface area contributed by atoms with Crippen molar-refractivity contribution in [2.45, 2.75) is 27.2 Å². The van der Waals surface area contributed by atoms with Crippen molar-refractivity contribution in [2.75, 3.05) is 0 Å². The first-order chi connectivity index (χ1) is 10.6. The highest BCUT2D eigenvalue weighted by molar-refractivity contribution is 7.26. The molecule has 0 bridgehead atoms. The van der Waals surface area contributed by atoms with E-state index in [-0.39, 0.29) is 0 Å². The summed E-state index contributed by atoms with van der Waals surface area (Å²) in [7, 11) is 0. The number of hydrogen-bond donors (Lipinski definition) is 0. The van der Waals surface area contributed by atoms with E-state index in [2.05, 4.69) is 42.9 Å². The number of rotatable bonds is 2. The fourth-order valence-electron chi connectivity index (χ4n) is 2.92. The molecule has 0 N–H and O–H groups in total. The minimum atomic E-state index is 0.501. The average molecular weight is 331 g/mol. The minimum absolute atomic E-state index is 0.501. The quantitative estimate of drug-likeness (QED) is 0.439. The molecule has 22 heavy (non-hydrogen) atoms. The topological polar surface area (TPSA) is 38.9 Å². The Labute approximate surface area is 136 Å². The predicted octanol–water partition coefficient (Wildman–Crippen LogP) is 5.75. The summed E-state index contributed by atoms with van der Waals surface area (Å²) in [5.41, 5.74) is 2.19. The average Bonchev–Trinajstić information content (AvgIpc) is 2.98. The lowest BCUT2D eigenvalue weighted by molar-refractivity contribution is 0.498. The summed E-state index contributed by atoms with van der Waals surface area (Å²) in [5, 5.41) is 3.67. The second kappa shape index (κ2) is 4.93. The maximum absolute atomic E-state index is 6.26. The largest absolute Gasteiger partial charge is 0.459 e. The van der Waals surface area contributed by atoms with E-state index in [1.54, 1.807) is 11.3 Å². The summed E-state index contributed by atoms with van der Waals surface area (Å²) in [6.45, 7) is 6.55. The molecule has 112 valence electrons. The van der Waals surface area contributed by atoms with Crippen molar-refractivity contribution in [1.82, 2.24) is 9.97 Å². The fraction of sp³-hybridized carbons (Fsp3) is 0.294. The van der Waals surface area contributed by atoms with E-state index in [4.69, 9.17) is 16.0 Å². The van der Waals surface area contributed by atoms with Gasteiger partial charge in [-0.25, -0.2) is 9.97 Å². The molecule has 0 saturated carbocycles. The van der Waals surface area contributed by atoms with Crippen molar-refractivity contribution in [3.8, 4) is 0 Å². The predicted molar refractivity (Wildman–Crippen MR) is 93.0 cm³/mol. The van der Waals surface area contributed by atoms with Gasteiger partial charge in [0, 0.05) is 17.2 Å². The number of nitrogens with zero attached hydrogens (tertiary/aromatic N) is 2. The molecule has 0 amide bonds. The van der Waals surface area contributed by atoms with Crippen LogP contribution < -0.4 is 0 Å². The van der Waals surface area contributed by atoms with Gasteiger partial charge in [-0.05, 0) is 18.4 Å². The second-order valence-corrected chi connectivity index (χ2v) is 7.37. The van der Waals surface area contributed by atoms with Gasteiger partial charge in [-0.1, -0.05) is 37.6 Å². The first-order valence-corrected chi connectivity index (χ1v) is 8.49. The number of aromatic nitrogens is 2. The molecule has 0 aliphatic heterocycles. The molecule has 0 unspecified atom stereocenters. The van der Waals surface area contributed by atoms with Crippen molar-refractivity contribution in [3.63, 3.8) is 0 Å². The third-order valence-corrected chi connectivity index (χ3v) is 5.39. The molecule has 4 rings (SSSR count). The third kappa shape index (κ3) is 1.94. The SMILES string of the molecule is Cc1c(CC(C)C)oc2c1ccc1c2sc2ncnc(Cl)c21. The molecule has 4 aromatic rings. The highest BCUT2D eigenvalue weighted by Crippen LogP contribution is 2.41. The van der Waals surface area contributed by atoms with Crippen LogP contribution in [-0.2, 0) is 6.42 Å². The number of fused-ring (bicyclic) bond motifs is 5. The first-order valence-electron chi connectivity index (χ1n) is 7.30. The monoisotopic (exact) mass is 330 g/mol. The number of benzene rings is 1. The number of halogens is 1. The van der Waals surface area contributed by atoms with Crippen LogP contribution in [0.3, 0.4) is 0 Å². The van der Waals surface area contributed by atoms with Gasteiger partial charge in [0.2, 0.25) is 0 Å². The Balaban J connectivity index is 2.11. The van der Waals surface area contributed by atoms with Crippen LogP contribution in [0, 0.1) is 12.8 Å². The van der Waals surface area contributed by atoms with E-state index in [1.807, 2.05) is 0 Å². The molecule has 3 aromatic heterocycles. The molecule has 0 saturated heterocycles. The van der Waals surface area contributed by atoms with Gasteiger partial charge >= 0.3 is 0 Å². The van der Waals surface area contributed by atoms with Crippen LogP contribution in [0.2, 0.25) is 5.15 Å². The third-order valence-electron chi connectivity index (χ3n) is 3.99. The molecule has 0 aliphatic rings. The van der Waals surface area contributed by atoms with Crippen molar-refractivity contribution in [3.05, 3.63) is 34.9 Å². The Morgan fingerprint density at radius 3 is 2.77 bits per heavy atom. The summed E-state index contributed by atoms with van der Waals surface area (Å²) >= 11 is 7.88. The molecule has 0 spiro atoms. The zero-order valence-corrected chi connectivity index (χ0v) is 14.2. The molecule has 3 heterocycles. The van der Waals surface area contributed by atoms with Gasteiger partial charge in [0.1, 0.15) is 22.1 Å². The Kier molecular flexibility index (Phi) is 3.13. The van der Waals surface area contributed by atoms with Crippen molar-refractivity contribution in [1.29, 1.82) is 0 Å². The molecule has 3 nitrogen and oxygen atoms in total. The Bertz CT molecular complexity index is 1020. The standard InChI is InChI=1S/C17H15ClN2OS/c1-8(2)6-12-9(3)10-4-5-11-13-16(18)19-7-20-17(13)22-15(11)14(10)21-12/h4-5,7-8H,6H2,1-3H3. The smallest absolute Gasteiger partial charge is 0.152 e. The van der Waals surface area contributed by atoms with E-state index in [0.29, 0.717) is 11.1 Å². The first kappa shape index (κ1) is 14.0. The number of thiophene rings is 1. The van der Waals surface area contributed by atoms with Crippen LogP contribution >= 0.6 is 22.9 Å². The number of hydrogen-bond acceptors (Lipinski definition) is 4. The van der Waals surface area contributed by atoms with Gasteiger partial charge in [0.05, 0.1) is 10.1 Å². The van der Waals surface area contributed by atoms with Gasteiger partial charge in [-0.2, -0.15) is 0 Å². The Morgan fingerprint density at radius 1 is 1.23 bits per heavy atom. The van der Waals surface area contributed by atoms with Gasteiger partial charge in [-0.3, -0.25) is 0 Å². The molecule has 1 aromatic carbocycles. The summed E-state index contributed by atoms with van der Waals surface area (Å²) in [5.74, 6) is 1.64. The normalized spacial score (nSPS) is 12.2. The molecule has 5 heteroatoms. The molecule has 0 fully saturated rings. The zero-order chi connectivity index (χ0) is 15.4. The zero-order valence-electron chi connectivity index (χ0n) is 12.6. The maximum atomic E-state index is 6.26. The molecule has 0 radical (unpaired) electrons. The van der Waals surface area contributed by atoms with Crippen LogP contribution in [0.25, 0.3) is 31.3 Å². The van der Waals surface area contributed by atoms with E-state index < -0.39 is 0 Å². The molecule has 0 atom stereocenters. The molecule has 0 aliphatic carbocycles. The second-order valence-electron chi connectivity index (χ2n) is 6.01. The maximum Gasteiger partial charge on any atom is 0.152 e. The minimum Gasteiger partial charge on any atom is -0.459 e. The van der Waals surface area contributed by atoms with Crippen molar-refractivity contribution in [2.24, 2.45) is 5.92 Å². The van der Waals surface area contributed by atoms with E-state index >= 15 is 0 Å². The molecular formula is C17H15ClN2OS. The number of furan rings is 1. The Morgan fingerprint density at radius 2 is 2.00 bits per heavy atom. The summed E-state index contributed by atoms with van der Waals surface area (Å²) in [4.78, 5) is 9.35. The van der Waals surface area contributed by atoms with E-state index in [0.717, 1.165) is 38.1 Å². The van der Waals surface area contributed by atoms with Crippen LogP contribution in [0.5, 0.6) is 0 Å².